The molecular formula is C36H41N3O4S. The Morgan fingerprint density at radius 2 is 1.39 bits per heavy atom. The third-order valence-corrected chi connectivity index (χ3v) is 9.53. The molecule has 0 aliphatic carbocycles. The summed E-state index contributed by atoms with van der Waals surface area (Å²) in [4.78, 5) is 29.8. The van der Waals surface area contributed by atoms with Crippen LogP contribution >= 0.6 is 0 Å². The lowest BCUT2D eigenvalue weighted by molar-refractivity contribution is -0.140. The maximum atomic E-state index is 14.6. The van der Waals surface area contributed by atoms with Crippen molar-refractivity contribution in [2.24, 2.45) is 0 Å². The van der Waals surface area contributed by atoms with Gasteiger partial charge >= 0.3 is 0 Å². The molecule has 4 aromatic rings. The van der Waals surface area contributed by atoms with E-state index in [1.165, 1.54) is 9.21 Å². The van der Waals surface area contributed by atoms with Crippen molar-refractivity contribution in [3.8, 4) is 0 Å². The Hall–Kier alpha value is -4.43. The second-order valence-electron chi connectivity index (χ2n) is 10.9. The molecule has 4 rings (SSSR count). The van der Waals surface area contributed by atoms with E-state index in [0.29, 0.717) is 18.7 Å². The summed E-state index contributed by atoms with van der Waals surface area (Å²) in [6.07, 6.45) is 0.854. The fourth-order valence-corrected chi connectivity index (χ4v) is 6.67. The lowest BCUT2D eigenvalue weighted by Crippen LogP contribution is -2.53. The first kappa shape index (κ1) is 32.5. The van der Waals surface area contributed by atoms with Crippen LogP contribution < -0.4 is 9.62 Å². The SMILES string of the molecule is CCNC(=O)[C@@H](Cc1ccccc1)N(Cc1ccccc1C)C(=O)CN(c1ccccc1CC)S(=O)(=O)c1ccc(C)cc1. The first-order valence-electron chi connectivity index (χ1n) is 15.0. The highest BCUT2D eigenvalue weighted by molar-refractivity contribution is 7.92. The monoisotopic (exact) mass is 611 g/mol. The lowest BCUT2D eigenvalue weighted by atomic mass is 10.0. The maximum absolute atomic E-state index is 14.6. The van der Waals surface area contributed by atoms with Crippen molar-refractivity contribution in [2.45, 2.75) is 58.0 Å². The van der Waals surface area contributed by atoms with Gasteiger partial charge in [-0.05, 0) is 67.6 Å². The minimum atomic E-state index is -4.14. The molecule has 0 unspecified atom stereocenters. The zero-order valence-electron chi connectivity index (χ0n) is 25.9. The van der Waals surface area contributed by atoms with Crippen LogP contribution in [-0.4, -0.2) is 44.3 Å². The molecule has 7 nitrogen and oxygen atoms in total. The molecule has 230 valence electrons. The quantitative estimate of drug-likeness (QED) is 0.206. The summed E-state index contributed by atoms with van der Waals surface area (Å²) in [5, 5.41) is 2.90. The standard InChI is InChI=1S/C36H41N3O4S/c1-5-30-17-12-13-19-33(30)39(44(42,43)32-22-20-27(3)21-23-32)26-35(40)38(25-31-18-11-10-14-28(31)4)34(36(41)37-6-2)24-29-15-8-7-9-16-29/h7-23,34H,5-6,24-26H2,1-4H3,(H,37,41)/t34-/m1/s1. The van der Waals surface area contributed by atoms with Crippen LogP contribution in [0.3, 0.4) is 0 Å². The van der Waals surface area contributed by atoms with Gasteiger partial charge in [0.1, 0.15) is 12.6 Å². The third kappa shape index (κ3) is 7.74. The van der Waals surface area contributed by atoms with Crippen LogP contribution in [0.5, 0.6) is 0 Å². The van der Waals surface area contributed by atoms with E-state index in [1.807, 2.05) is 94.4 Å². The van der Waals surface area contributed by atoms with Gasteiger partial charge in [-0.3, -0.25) is 13.9 Å². The molecule has 0 saturated carbocycles. The van der Waals surface area contributed by atoms with Crippen molar-refractivity contribution < 1.29 is 18.0 Å². The number of anilines is 1. The summed E-state index contributed by atoms with van der Waals surface area (Å²) in [5.41, 5.74) is 4.91. The van der Waals surface area contributed by atoms with E-state index in [4.69, 9.17) is 0 Å². The van der Waals surface area contributed by atoms with Crippen LogP contribution in [0.2, 0.25) is 0 Å². The number of benzene rings is 4. The molecule has 1 N–H and O–H groups in total. The number of rotatable bonds is 13. The predicted octanol–water partition coefficient (Wildman–Crippen LogP) is 5.84. The molecule has 2 amide bonds. The topological polar surface area (TPSA) is 86.8 Å². The summed E-state index contributed by atoms with van der Waals surface area (Å²) in [6, 6.07) is 30.2. The van der Waals surface area contributed by atoms with E-state index in [0.717, 1.165) is 27.8 Å². The summed E-state index contributed by atoms with van der Waals surface area (Å²) in [6.45, 7) is 7.71. The number of nitrogens with zero attached hydrogens (tertiary/aromatic N) is 2. The molecule has 0 saturated heterocycles. The number of para-hydroxylation sites is 1. The van der Waals surface area contributed by atoms with Gasteiger partial charge in [0.15, 0.2) is 0 Å². The minimum Gasteiger partial charge on any atom is -0.355 e. The van der Waals surface area contributed by atoms with Crippen LogP contribution in [0.4, 0.5) is 5.69 Å². The highest BCUT2D eigenvalue weighted by Crippen LogP contribution is 2.29. The van der Waals surface area contributed by atoms with E-state index in [9.17, 15) is 18.0 Å². The largest absolute Gasteiger partial charge is 0.355 e. The summed E-state index contributed by atoms with van der Waals surface area (Å²) < 4.78 is 29.7. The molecule has 0 aliphatic heterocycles. The Morgan fingerprint density at radius 3 is 2.02 bits per heavy atom. The molecule has 8 heteroatoms. The predicted molar refractivity (Wildman–Crippen MR) is 176 cm³/mol. The average molecular weight is 612 g/mol. The number of hydrogen-bond donors (Lipinski definition) is 1. The van der Waals surface area contributed by atoms with Crippen molar-refractivity contribution in [3.63, 3.8) is 0 Å². The molecule has 0 radical (unpaired) electrons. The summed E-state index contributed by atoms with van der Waals surface area (Å²) in [5.74, 6) is -0.762. The molecule has 4 aromatic carbocycles. The van der Waals surface area contributed by atoms with Gasteiger partial charge in [0, 0.05) is 19.5 Å². The maximum Gasteiger partial charge on any atom is 0.264 e. The van der Waals surface area contributed by atoms with Crippen molar-refractivity contribution in [3.05, 3.63) is 131 Å². The Balaban J connectivity index is 1.83. The molecule has 0 aromatic heterocycles. The number of carbonyl (C=O) groups is 2. The van der Waals surface area contributed by atoms with Crippen molar-refractivity contribution in [1.29, 1.82) is 0 Å². The number of aryl methyl sites for hydroxylation is 3. The molecule has 0 heterocycles. The summed E-state index contributed by atoms with van der Waals surface area (Å²) in [7, 11) is -4.14. The molecule has 0 spiro atoms. The summed E-state index contributed by atoms with van der Waals surface area (Å²) >= 11 is 0. The molecular weight excluding hydrogens is 570 g/mol. The molecule has 1 atom stereocenters. The highest BCUT2D eigenvalue weighted by Gasteiger charge is 2.35. The highest BCUT2D eigenvalue weighted by atomic mass is 32.2. The van der Waals surface area contributed by atoms with Crippen LogP contribution in [0.25, 0.3) is 0 Å². The Morgan fingerprint density at radius 1 is 0.773 bits per heavy atom. The molecule has 0 aliphatic rings. The van der Waals surface area contributed by atoms with Gasteiger partial charge in [0.25, 0.3) is 10.0 Å². The number of carbonyl (C=O) groups excluding carboxylic acids is 2. The Labute approximate surface area is 261 Å². The van der Waals surface area contributed by atoms with Crippen LogP contribution in [0.1, 0.15) is 41.7 Å². The zero-order chi connectivity index (χ0) is 31.7. The molecule has 0 bridgehead atoms. The fraction of sp³-hybridized carbons (Fsp3) is 0.278. The zero-order valence-corrected chi connectivity index (χ0v) is 26.7. The van der Waals surface area contributed by atoms with E-state index in [2.05, 4.69) is 5.32 Å². The van der Waals surface area contributed by atoms with E-state index >= 15 is 0 Å². The van der Waals surface area contributed by atoms with E-state index in [-0.39, 0.29) is 23.8 Å². The van der Waals surface area contributed by atoms with Gasteiger partial charge in [-0.1, -0.05) is 97.4 Å². The van der Waals surface area contributed by atoms with E-state index < -0.39 is 28.5 Å². The van der Waals surface area contributed by atoms with E-state index in [1.54, 1.807) is 36.4 Å². The van der Waals surface area contributed by atoms with Gasteiger partial charge in [-0.2, -0.15) is 0 Å². The second kappa shape index (κ2) is 14.8. The fourth-order valence-electron chi connectivity index (χ4n) is 5.22. The number of nitrogens with one attached hydrogen (secondary N) is 1. The number of hydrogen-bond acceptors (Lipinski definition) is 4. The van der Waals surface area contributed by atoms with Crippen molar-refractivity contribution in [2.75, 3.05) is 17.4 Å². The average Bonchev–Trinajstić information content (AvgIpc) is 3.03. The van der Waals surface area contributed by atoms with Crippen LogP contribution in [0, 0.1) is 13.8 Å². The lowest BCUT2D eigenvalue weighted by Gasteiger charge is -2.34. The third-order valence-electron chi connectivity index (χ3n) is 7.75. The molecule has 0 fully saturated rings. The second-order valence-corrected chi connectivity index (χ2v) is 12.7. The number of likely N-dealkylation sites (N-methyl/N-ethyl adjacent to an activating group) is 1. The Bertz CT molecular complexity index is 1670. The first-order chi connectivity index (χ1) is 21.1. The normalized spacial score (nSPS) is 11.9. The van der Waals surface area contributed by atoms with Gasteiger partial charge in [0.2, 0.25) is 11.8 Å². The Kier molecular flexibility index (Phi) is 11.0. The van der Waals surface area contributed by atoms with Crippen LogP contribution in [-0.2, 0) is 39.0 Å². The smallest absolute Gasteiger partial charge is 0.264 e. The molecule has 44 heavy (non-hydrogen) atoms. The van der Waals surface area contributed by atoms with Crippen LogP contribution in [0.15, 0.2) is 108 Å². The van der Waals surface area contributed by atoms with Crippen molar-refractivity contribution >= 4 is 27.5 Å². The first-order valence-corrected chi connectivity index (χ1v) is 16.4. The van der Waals surface area contributed by atoms with Gasteiger partial charge in [0.05, 0.1) is 10.6 Å². The van der Waals surface area contributed by atoms with Gasteiger partial charge < -0.3 is 10.2 Å². The number of amides is 2. The van der Waals surface area contributed by atoms with Crippen molar-refractivity contribution in [1.82, 2.24) is 10.2 Å². The van der Waals surface area contributed by atoms with Gasteiger partial charge in [-0.15, -0.1) is 0 Å². The van der Waals surface area contributed by atoms with Gasteiger partial charge in [-0.25, -0.2) is 8.42 Å². The number of sulfonamides is 1. The minimum absolute atomic E-state index is 0.0943.